The zero-order valence-electron chi connectivity index (χ0n) is 20.9. The number of nitrogens with one attached hydrogen (secondary N) is 1. The molecule has 37 heavy (non-hydrogen) atoms. The average molecular weight is 514 g/mol. The van der Waals surface area contributed by atoms with Crippen LogP contribution in [0.1, 0.15) is 60.2 Å². The fourth-order valence-electron chi connectivity index (χ4n) is 4.80. The molecule has 2 heterocycles. The van der Waals surface area contributed by atoms with E-state index >= 15 is 0 Å². The number of benzene rings is 2. The van der Waals surface area contributed by atoms with Crippen LogP contribution in [0.5, 0.6) is 0 Å². The fraction of sp³-hybridized carbons (Fsp3) is 0.357. The third kappa shape index (κ3) is 6.22. The molecule has 0 fully saturated rings. The molecule has 4 rings (SSSR count). The number of fused-ring (bicyclic) bond motifs is 1. The molecule has 2 aromatic heterocycles. The Kier molecular flexibility index (Phi) is 8.02. The standard InChI is InChI=1S/C28H30F3N3O3/c1-18-27(19(2)37-33-18)21-11-12-25-24(16-21)22(14-20-8-7-9-23(15-20)28(29,30)31)17-34(25)13-6-4-3-5-10-26(35)32-36/h7-9,11-12,15-17,36H,3-6,10,13-14H2,1-2H3,(H,32,35). The molecule has 9 heteroatoms. The van der Waals surface area contributed by atoms with Crippen LogP contribution in [0.25, 0.3) is 22.0 Å². The number of aromatic nitrogens is 2. The van der Waals surface area contributed by atoms with Gasteiger partial charge in [-0.15, -0.1) is 0 Å². The number of unbranched alkanes of at least 4 members (excludes halogenated alkanes) is 3. The maximum atomic E-state index is 13.3. The number of alkyl halides is 3. The van der Waals surface area contributed by atoms with Crippen LogP contribution in [0.3, 0.4) is 0 Å². The smallest absolute Gasteiger partial charge is 0.361 e. The van der Waals surface area contributed by atoms with Crippen LogP contribution in [0.2, 0.25) is 0 Å². The molecule has 0 aliphatic carbocycles. The van der Waals surface area contributed by atoms with Gasteiger partial charge in [-0.1, -0.05) is 42.3 Å². The molecule has 0 radical (unpaired) electrons. The Labute approximate surface area is 213 Å². The normalized spacial score (nSPS) is 11.8. The van der Waals surface area contributed by atoms with Gasteiger partial charge in [-0.05, 0) is 68.0 Å². The Morgan fingerprint density at radius 2 is 1.86 bits per heavy atom. The Hall–Kier alpha value is -3.59. The molecule has 0 spiro atoms. The minimum absolute atomic E-state index is 0.286. The predicted molar refractivity (Wildman–Crippen MR) is 134 cm³/mol. The van der Waals surface area contributed by atoms with Crippen molar-refractivity contribution >= 4 is 16.8 Å². The maximum Gasteiger partial charge on any atom is 0.416 e. The number of hydroxylamine groups is 1. The summed E-state index contributed by atoms with van der Waals surface area (Å²) in [6, 6.07) is 11.6. The summed E-state index contributed by atoms with van der Waals surface area (Å²) in [5, 5.41) is 13.6. The molecule has 0 saturated carbocycles. The zero-order chi connectivity index (χ0) is 26.6. The quantitative estimate of drug-likeness (QED) is 0.136. The van der Waals surface area contributed by atoms with Crippen molar-refractivity contribution in [3.8, 4) is 11.1 Å². The van der Waals surface area contributed by atoms with Crippen LogP contribution in [0.15, 0.2) is 53.2 Å². The first-order chi connectivity index (χ1) is 17.7. The topological polar surface area (TPSA) is 80.3 Å². The molecule has 2 aromatic carbocycles. The van der Waals surface area contributed by atoms with Gasteiger partial charge in [0.2, 0.25) is 5.91 Å². The minimum Gasteiger partial charge on any atom is -0.361 e. The Morgan fingerprint density at radius 3 is 2.57 bits per heavy atom. The second-order valence-corrected chi connectivity index (χ2v) is 9.35. The lowest BCUT2D eigenvalue weighted by Gasteiger charge is -2.08. The van der Waals surface area contributed by atoms with Gasteiger partial charge in [0, 0.05) is 35.6 Å². The van der Waals surface area contributed by atoms with E-state index in [1.165, 1.54) is 12.1 Å². The van der Waals surface area contributed by atoms with Crippen molar-refractivity contribution in [1.82, 2.24) is 15.2 Å². The van der Waals surface area contributed by atoms with Crippen LogP contribution in [-0.4, -0.2) is 20.8 Å². The summed E-state index contributed by atoms with van der Waals surface area (Å²) in [5.41, 5.74) is 6.20. The molecule has 0 saturated heterocycles. The summed E-state index contributed by atoms with van der Waals surface area (Å²) in [7, 11) is 0. The monoisotopic (exact) mass is 513 g/mol. The highest BCUT2D eigenvalue weighted by atomic mass is 19.4. The molecule has 0 atom stereocenters. The predicted octanol–water partition coefficient (Wildman–Crippen LogP) is 6.98. The third-order valence-corrected chi connectivity index (χ3v) is 6.61. The summed E-state index contributed by atoms with van der Waals surface area (Å²) in [5.74, 6) is 0.329. The summed E-state index contributed by atoms with van der Waals surface area (Å²) in [6.45, 7) is 4.49. The molecule has 0 aliphatic heterocycles. The summed E-state index contributed by atoms with van der Waals surface area (Å²) in [4.78, 5) is 11.2. The molecule has 2 N–H and O–H groups in total. The van der Waals surface area contributed by atoms with Gasteiger partial charge in [0.1, 0.15) is 5.76 Å². The molecule has 0 aliphatic rings. The zero-order valence-corrected chi connectivity index (χ0v) is 20.9. The molecule has 0 bridgehead atoms. The lowest BCUT2D eigenvalue weighted by atomic mass is 9.98. The second-order valence-electron chi connectivity index (χ2n) is 9.35. The first kappa shape index (κ1) is 26.5. The van der Waals surface area contributed by atoms with Gasteiger partial charge in [0.15, 0.2) is 0 Å². The Bertz CT molecular complexity index is 1370. The van der Waals surface area contributed by atoms with Crippen LogP contribution in [0.4, 0.5) is 13.2 Å². The van der Waals surface area contributed by atoms with Gasteiger partial charge < -0.3 is 9.09 Å². The van der Waals surface area contributed by atoms with Crippen molar-refractivity contribution in [3.05, 3.63) is 76.8 Å². The van der Waals surface area contributed by atoms with Crippen molar-refractivity contribution in [2.45, 2.75) is 65.1 Å². The number of halogens is 3. The third-order valence-electron chi connectivity index (χ3n) is 6.61. The minimum atomic E-state index is -4.39. The van der Waals surface area contributed by atoms with Crippen LogP contribution in [0, 0.1) is 13.8 Å². The number of hydrogen-bond donors (Lipinski definition) is 2. The number of amides is 1. The van der Waals surface area contributed by atoms with E-state index in [1.54, 1.807) is 11.5 Å². The van der Waals surface area contributed by atoms with E-state index in [0.29, 0.717) is 24.2 Å². The summed E-state index contributed by atoms with van der Waals surface area (Å²) < 4.78 is 47.4. The maximum absolute atomic E-state index is 13.3. The number of carbonyl (C=O) groups excluding carboxylic acids is 1. The van der Waals surface area contributed by atoms with Gasteiger partial charge in [-0.25, -0.2) is 5.48 Å². The van der Waals surface area contributed by atoms with E-state index in [4.69, 9.17) is 9.73 Å². The van der Waals surface area contributed by atoms with Crippen LogP contribution >= 0.6 is 0 Å². The number of nitrogens with zero attached hydrogens (tertiary/aromatic N) is 2. The van der Waals surface area contributed by atoms with Crippen molar-refractivity contribution in [2.24, 2.45) is 0 Å². The number of rotatable bonds is 10. The molecule has 196 valence electrons. The number of carbonyl (C=O) groups is 1. The Morgan fingerprint density at radius 1 is 1.08 bits per heavy atom. The average Bonchev–Trinajstić information content (AvgIpc) is 3.38. The highest BCUT2D eigenvalue weighted by Gasteiger charge is 2.30. The first-order valence-electron chi connectivity index (χ1n) is 12.3. The van der Waals surface area contributed by atoms with Gasteiger partial charge >= 0.3 is 6.18 Å². The molecule has 0 unspecified atom stereocenters. The molecular formula is C28H30F3N3O3. The summed E-state index contributed by atoms with van der Waals surface area (Å²) >= 11 is 0. The van der Waals surface area contributed by atoms with E-state index < -0.39 is 11.7 Å². The second kappa shape index (κ2) is 11.2. The van der Waals surface area contributed by atoms with E-state index in [9.17, 15) is 18.0 Å². The van der Waals surface area contributed by atoms with E-state index in [2.05, 4.69) is 15.8 Å². The summed E-state index contributed by atoms with van der Waals surface area (Å²) in [6.07, 6.45) is 1.65. The molecular weight excluding hydrogens is 483 g/mol. The highest BCUT2D eigenvalue weighted by Crippen LogP contribution is 2.34. The van der Waals surface area contributed by atoms with Gasteiger partial charge in [-0.2, -0.15) is 13.2 Å². The van der Waals surface area contributed by atoms with E-state index in [0.717, 1.165) is 65.2 Å². The molecule has 4 aromatic rings. The SMILES string of the molecule is Cc1noc(C)c1-c1ccc2c(c1)c(Cc1cccc(C(F)(F)F)c1)cn2CCCCCCC(=O)NO. The largest absolute Gasteiger partial charge is 0.416 e. The Balaban J connectivity index is 1.62. The molecule has 1 amide bonds. The first-order valence-corrected chi connectivity index (χ1v) is 12.3. The highest BCUT2D eigenvalue weighted by molar-refractivity contribution is 5.89. The van der Waals surface area contributed by atoms with Gasteiger partial charge in [0.05, 0.1) is 11.3 Å². The van der Waals surface area contributed by atoms with E-state index in [-0.39, 0.29) is 12.3 Å². The fourth-order valence-corrected chi connectivity index (χ4v) is 4.80. The molecule has 6 nitrogen and oxygen atoms in total. The van der Waals surface area contributed by atoms with Gasteiger partial charge in [-0.3, -0.25) is 10.0 Å². The van der Waals surface area contributed by atoms with Crippen molar-refractivity contribution in [1.29, 1.82) is 0 Å². The van der Waals surface area contributed by atoms with E-state index in [1.807, 2.05) is 32.2 Å². The van der Waals surface area contributed by atoms with Gasteiger partial charge in [0.25, 0.3) is 0 Å². The van der Waals surface area contributed by atoms with Crippen molar-refractivity contribution in [2.75, 3.05) is 0 Å². The van der Waals surface area contributed by atoms with Crippen LogP contribution < -0.4 is 5.48 Å². The number of hydrogen-bond acceptors (Lipinski definition) is 4. The van der Waals surface area contributed by atoms with Crippen LogP contribution in [-0.2, 0) is 23.9 Å². The lowest BCUT2D eigenvalue weighted by molar-refractivity contribution is -0.137. The lowest BCUT2D eigenvalue weighted by Crippen LogP contribution is -2.17. The number of aryl methyl sites for hydroxylation is 3. The van der Waals surface area contributed by atoms with Crippen molar-refractivity contribution in [3.63, 3.8) is 0 Å². The van der Waals surface area contributed by atoms with Crippen molar-refractivity contribution < 1.29 is 27.7 Å².